The highest BCUT2D eigenvalue weighted by atomic mass is 19.1. The third kappa shape index (κ3) is 2.00. The molecule has 7 unspecified atom stereocenters. The van der Waals surface area contributed by atoms with Crippen LogP contribution in [0.4, 0.5) is 4.39 Å². The standard InChI is InChI=1S/C21H23FO3/c1-2-21(25-17-9-13(20(23)24)5-6-16(17)22)10-14-8-15(21)19-12-4-3-11(7-12)18(14)19/h2,5-6,9,11-12,14-15,18-19H,1,3-4,7-8,10H2,(H,23,24)/p-1. The SMILES string of the molecule is C=CC1(Oc2cc(C(=O)[O-])ccc2F)CC2CC1C1C3CCC(C3)C21. The van der Waals surface area contributed by atoms with E-state index in [-0.39, 0.29) is 11.3 Å². The molecule has 0 aromatic heterocycles. The molecule has 4 aliphatic rings. The highest BCUT2D eigenvalue weighted by Gasteiger charge is 2.67. The lowest BCUT2D eigenvalue weighted by Gasteiger charge is -2.45. The van der Waals surface area contributed by atoms with Gasteiger partial charge in [-0.1, -0.05) is 6.58 Å². The predicted octanol–water partition coefficient (Wildman–Crippen LogP) is 3.19. The lowest BCUT2D eigenvalue weighted by atomic mass is 9.65. The molecule has 4 saturated carbocycles. The van der Waals surface area contributed by atoms with Crippen LogP contribution in [0.5, 0.6) is 5.75 Å². The molecule has 0 spiro atoms. The van der Waals surface area contributed by atoms with Crippen molar-refractivity contribution in [3.05, 3.63) is 42.2 Å². The number of fused-ring (bicyclic) bond motifs is 9. The van der Waals surface area contributed by atoms with Gasteiger partial charge in [-0.2, -0.15) is 0 Å². The Hall–Kier alpha value is -1.84. The molecule has 5 rings (SSSR count). The quantitative estimate of drug-likeness (QED) is 0.624. The number of carbonyl (C=O) groups is 1. The number of aromatic carboxylic acids is 1. The molecule has 0 N–H and O–H groups in total. The summed E-state index contributed by atoms with van der Waals surface area (Å²) in [5, 5.41) is 11.1. The lowest BCUT2D eigenvalue weighted by molar-refractivity contribution is -0.255. The van der Waals surface area contributed by atoms with Gasteiger partial charge in [-0.25, -0.2) is 4.39 Å². The first-order valence-electron chi connectivity index (χ1n) is 9.36. The van der Waals surface area contributed by atoms with Gasteiger partial charge in [-0.3, -0.25) is 0 Å². The fourth-order valence-corrected chi connectivity index (χ4v) is 6.93. The fraction of sp³-hybridized carbons (Fsp3) is 0.571. The lowest BCUT2D eigenvalue weighted by Crippen LogP contribution is -2.47. The summed E-state index contributed by atoms with van der Waals surface area (Å²) in [5.41, 5.74) is -0.626. The van der Waals surface area contributed by atoms with Crippen molar-refractivity contribution >= 4 is 5.97 Å². The average Bonchev–Trinajstić information content (AvgIpc) is 3.34. The summed E-state index contributed by atoms with van der Waals surface area (Å²) >= 11 is 0. The van der Waals surface area contributed by atoms with Gasteiger partial charge in [0.2, 0.25) is 0 Å². The zero-order valence-corrected chi connectivity index (χ0v) is 14.1. The molecule has 4 heteroatoms. The Morgan fingerprint density at radius 1 is 1.24 bits per heavy atom. The van der Waals surface area contributed by atoms with Crippen LogP contribution in [-0.2, 0) is 0 Å². The van der Waals surface area contributed by atoms with Crippen molar-refractivity contribution in [2.75, 3.05) is 0 Å². The number of ether oxygens (including phenoxy) is 1. The number of benzene rings is 1. The maximum atomic E-state index is 14.3. The van der Waals surface area contributed by atoms with Crippen molar-refractivity contribution in [1.29, 1.82) is 0 Å². The zero-order valence-electron chi connectivity index (χ0n) is 14.1. The zero-order chi connectivity index (χ0) is 17.3. The number of halogens is 1. The van der Waals surface area contributed by atoms with Crippen LogP contribution in [0.25, 0.3) is 0 Å². The number of carboxylic acid groups (broad SMARTS) is 1. The molecular weight excluding hydrogens is 319 g/mol. The van der Waals surface area contributed by atoms with E-state index in [0.717, 1.165) is 36.7 Å². The third-order valence-corrected chi connectivity index (χ3v) is 7.63. The van der Waals surface area contributed by atoms with Crippen LogP contribution in [0, 0.1) is 41.3 Å². The van der Waals surface area contributed by atoms with Gasteiger partial charge in [-0.05, 0) is 86.0 Å². The van der Waals surface area contributed by atoms with Crippen LogP contribution in [0.15, 0.2) is 30.9 Å². The van der Waals surface area contributed by atoms with Crippen LogP contribution in [0.3, 0.4) is 0 Å². The Morgan fingerprint density at radius 3 is 2.72 bits per heavy atom. The van der Waals surface area contributed by atoms with E-state index in [1.54, 1.807) is 0 Å². The van der Waals surface area contributed by atoms with Crippen LogP contribution in [0.1, 0.15) is 42.5 Å². The molecule has 25 heavy (non-hydrogen) atoms. The van der Waals surface area contributed by atoms with Gasteiger partial charge in [0.15, 0.2) is 11.6 Å². The summed E-state index contributed by atoms with van der Waals surface area (Å²) in [4.78, 5) is 11.1. The monoisotopic (exact) mass is 341 g/mol. The maximum absolute atomic E-state index is 14.3. The fourth-order valence-electron chi connectivity index (χ4n) is 6.93. The molecular formula is C21H22FO3-. The Labute approximate surface area is 146 Å². The van der Waals surface area contributed by atoms with E-state index in [2.05, 4.69) is 6.58 Å². The van der Waals surface area contributed by atoms with Gasteiger partial charge in [-0.15, -0.1) is 0 Å². The van der Waals surface area contributed by atoms with Gasteiger partial charge in [0.25, 0.3) is 0 Å². The molecule has 0 heterocycles. The first kappa shape index (κ1) is 15.4. The minimum atomic E-state index is -1.32. The van der Waals surface area contributed by atoms with E-state index in [1.165, 1.54) is 31.4 Å². The molecule has 0 amide bonds. The normalized spacial score (nSPS) is 43.2. The molecule has 7 atom stereocenters. The van der Waals surface area contributed by atoms with Gasteiger partial charge >= 0.3 is 0 Å². The maximum Gasteiger partial charge on any atom is 0.165 e. The molecule has 132 valence electrons. The van der Waals surface area contributed by atoms with Gasteiger partial charge in [0.1, 0.15) is 5.60 Å². The number of hydrogen-bond donors (Lipinski definition) is 0. The number of rotatable bonds is 4. The molecule has 0 saturated heterocycles. The number of hydrogen-bond acceptors (Lipinski definition) is 3. The average molecular weight is 341 g/mol. The Morgan fingerprint density at radius 2 is 2.00 bits per heavy atom. The smallest absolute Gasteiger partial charge is 0.165 e. The van der Waals surface area contributed by atoms with Crippen LogP contribution in [0.2, 0.25) is 0 Å². The summed E-state index contributed by atoms with van der Waals surface area (Å²) in [7, 11) is 0. The van der Waals surface area contributed by atoms with Crippen molar-refractivity contribution in [2.45, 2.75) is 37.7 Å². The summed E-state index contributed by atoms with van der Waals surface area (Å²) in [6.45, 7) is 4.02. The second-order valence-corrected chi connectivity index (χ2v) is 8.49. The molecule has 3 nitrogen and oxygen atoms in total. The molecule has 0 aliphatic heterocycles. The van der Waals surface area contributed by atoms with E-state index >= 15 is 0 Å². The minimum absolute atomic E-state index is 0.00820. The van der Waals surface area contributed by atoms with E-state index in [0.29, 0.717) is 17.8 Å². The van der Waals surface area contributed by atoms with Crippen LogP contribution >= 0.6 is 0 Å². The van der Waals surface area contributed by atoms with Crippen LogP contribution in [-0.4, -0.2) is 11.6 Å². The molecule has 1 aromatic rings. The van der Waals surface area contributed by atoms with E-state index < -0.39 is 17.4 Å². The largest absolute Gasteiger partial charge is 0.545 e. The van der Waals surface area contributed by atoms with E-state index in [1.807, 2.05) is 6.08 Å². The number of carboxylic acids is 1. The molecule has 1 aromatic carbocycles. The van der Waals surface area contributed by atoms with E-state index in [9.17, 15) is 14.3 Å². The third-order valence-electron chi connectivity index (χ3n) is 7.63. The summed E-state index contributed by atoms with van der Waals surface area (Å²) < 4.78 is 20.5. The molecule has 4 bridgehead atoms. The van der Waals surface area contributed by atoms with Gasteiger partial charge in [0, 0.05) is 11.5 Å². The second-order valence-electron chi connectivity index (χ2n) is 8.49. The Bertz CT molecular complexity index is 760. The summed E-state index contributed by atoms with van der Waals surface area (Å²) in [6.07, 6.45) is 7.90. The van der Waals surface area contributed by atoms with Gasteiger partial charge < -0.3 is 14.6 Å². The summed E-state index contributed by atoms with van der Waals surface area (Å²) in [5.74, 6) is 2.32. The van der Waals surface area contributed by atoms with E-state index in [4.69, 9.17) is 4.74 Å². The number of carbonyl (C=O) groups excluding carboxylic acids is 1. The Balaban J connectivity index is 1.48. The minimum Gasteiger partial charge on any atom is -0.545 e. The van der Waals surface area contributed by atoms with Crippen molar-refractivity contribution in [3.63, 3.8) is 0 Å². The Kier molecular flexibility index (Phi) is 3.14. The van der Waals surface area contributed by atoms with Crippen molar-refractivity contribution in [2.24, 2.45) is 35.5 Å². The molecule has 4 aliphatic carbocycles. The molecule has 0 radical (unpaired) electrons. The predicted molar refractivity (Wildman–Crippen MR) is 88.3 cm³/mol. The summed E-state index contributed by atoms with van der Waals surface area (Å²) in [6, 6.07) is 3.61. The topological polar surface area (TPSA) is 49.4 Å². The van der Waals surface area contributed by atoms with Crippen molar-refractivity contribution in [3.8, 4) is 5.75 Å². The van der Waals surface area contributed by atoms with Crippen molar-refractivity contribution < 1.29 is 19.0 Å². The second kappa shape index (κ2) is 5.09. The molecule has 4 fully saturated rings. The first-order chi connectivity index (χ1) is 12.0. The highest BCUT2D eigenvalue weighted by Crippen LogP contribution is 2.70. The highest BCUT2D eigenvalue weighted by molar-refractivity contribution is 5.86. The van der Waals surface area contributed by atoms with Crippen molar-refractivity contribution in [1.82, 2.24) is 0 Å². The first-order valence-corrected chi connectivity index (χ1v) is 9.36. The van der Waals surface area contributed by atoms with Gasteiger partial charge in [0.05, 0.1) is 5.97 Å². The van der Waals surface area contributed by atoms with Crippen LogP contribution < -0.4 is 9.84 Å².